The van der Waals surface area contributed by atoms with E-state index in [4.69, 9.17) is 0 Å². The second-order valence-electron chi connectivity index (χ2n) is 4.37. The largest absolute Gasteiger partial charge is 0.327 e. The van der Waals surface area contributed by atoms with Gasteiger partial charge in [-0.2, -0.15) is 0 Å². The zero-order valence-electron chi connectivity index (χ0n) is 9.77. The molecule has 8 heteroatoms. The lowest BCUT2D eigenvalue weighted by molar-refractivity contribution is 0.244. The van der Waals surface area contributed by atoms with Gasteiger partial charge in [0.05, 0.1) is 0 Å². The van der Waals surface area contributed by atoms with Crippen LogP contribution < -0.4 is 16.8 Å². The van der Waals surface area contributed by atoms with Gasteiger partial charge in [0.15, 0.2) is 11.2 Å². The Morgan fingerprint density at radius 2 is 1.94 bits per heavy atom. The molecule has 18 heavy (non-hydrogen) atoms. The summed E-state index contributed by atoms with van der Waals surface area (Å²) in [5.74, 6) is 0. The number of H-pyrrole nitrogens is 2. The Morgan fingerprint density at radius 1 is 1.17 bits per heavy atom. The molecule has 0 bridgehead atoms. The molecule has 0 spiro atoms. The first kappa shape index (κ1) is 11.0. The standard InChI is InChI=1S/C10H14N6O2/c17-9-7-8(12-10(18)13-9)16(6-11-7)14-15-4-2-1-3-5-15/h6,14H,1-5H2,(H2,12,13,17,18). The van der Waals surface area contributed by atoms with Gasteiger partial charge in [-0.1, -0.05) is 6.42 Å². The number of hydrogen-bond donors (Lipinski definition) is 3. The molecule has 1 aliphatic rings. The van der Waals surface area contributed by atoms with Gasteiger partial charge in [0, 0.05) is 13.1 Å². The number of piperidine rings is 1. The summed E-state index contributed by atoms with van der Waals surface area (Å²) in [6.45, 7) is 1.88. The van der Waals surface area contributed by atoms with Crippen LogP contribution in [0.2, 0.25) is 0 Å². The van der Waals surface area contributed by atoms with Crippen LogP contribution in [0.5, 0.6) is 0 Å². The molecule has 2 aromatic heterocycles. The van der Waals surface area contributed by atoms with Crippen molar-refractivity contribution in [1.29, 1.82) is 0 Å². The highest BCUT2D eigenvalue weighted by Crippen LogP contribution is 2.08. The molecule has 0 amide bonds. The summed E-state index contributed by atoms with van der Waals surface area (Å²) in [7, 11) is 0. The lowest BCUT2D eigenvalue weighted by Crippen LogP contribution is -2.40. The van der Waals surface area contributed by atoms with Crippen LogP contribution in [-0.2, 0) is 0 Å². The molecule has 0 atom stereocenters. The molecule has 0 saturated carbocycles. The summed E-state index contributed by atoms with van der Waals surface area (Å²) in [6.07, 6.45) is 5.00. The molecular formula is C10H14N6O2. The molecule has 0 aromatic carbocycles. The maximum Gasteiger partial charge on any atom is 0.327 e. The van der Waals surface area contributed by atoms with E-state index in [1.54, 1.807) is 4.68 Å². The number of hydrazine groups is 1. The van der Waals surface area contributed by atoms with Crippen molar-refractivity contribution in [3.8, 4) is 0 Å². The first-order valence-electron chi connectivity index (χ1n) is 5.95. The second-order valence-corrected chi connectivity index (χ2v) is 4.37. The maximum absolute atomic E-state index is 11.5. The van der Waals surface area contributed by atoms with Gasteiger partial charge in [-0.25, -0.2) is 19.5 Å². The lowest BCUT2D eigenvalue weighted by Gasteiger charge is -2.27. The van der Waals surface area contributed by atoms with Gasteiger partial charge in [0.25, 0.3) is 5.56 Å². The van der Waals surface area contributed by atoms with E-state index in [1.165, 1.54) is 12.7 Å². The van der Waals surface area contributed by atoms with Gasteiger partial charge >= 0.3 is 5.69 Å². The Balaban J connectivity index is 1.97. The quantitative estimate of drug-likeness (QED) is 0.658. The minimum atomic E-state index is -0.533. The van der Waals surface area contributed by atoms with Crippen molar-refractivity contribution >= 4 is 11.2 Å². The van der Waals surface area contributed by atoms with Crippen LogP contribution in [0.3, 0.4) is 0 Å². The molecule has 3 rings (SSSR count). The number of hydrogen-bond acceptors (Lipinski definition) is 5. The summed E-state index contributed by atoms with van der Waals surface area (Å²) < 4.78 is 1.57. The van der Waals surface area contributed by atoms with E-state index < -0.39 is 11.2 Å². The Morgan fingerprint density at radius 3 is 2.72 bits per heavy atom. The van der Waals surface area contributed by atoms with Crippen molar-refractivity contribution in [3.63, 3.8) is 0 Å². The Kier molecular flexibility index (Phi) is 2.63. The molecule has 0 aliphatic carbocycles. The highest BCUT2D eigenvalue weighted by Gasteiger charge is 2.12. The van der Waals surface area contributed by atoms with E-state index in [9.17, 15) is 9.59 Å². The van der Waals surface area contributed by atoms with Crippen molar-refractivity contribution in [2.24, 2.45) is 0 Å². The molecule has 2 aromatic rings. The van der Waals surface area contributed by atoms with Crippen LogP contribution in [-0.4, -0.2) is 37.7 Å². The number of nitrogens with one attached hydrogen (secondary N) is 3. The summed E-state index contributed by atoms with van der Waals surface area (Å²) in [4.78, 5) is 31.5. The molecule has 0 radical (unpaired) electrons. The highest BCUT2D eigenvalue weighted by molar-refractivity contribution is 5.68. The number of fused-ring (bicyclic) bond motifs is 1. The third-order valence-electron chi connectivity index (χ3n) is 3.05. The maximum atomic E-state index is 11.5. The normalized spacial score (nSPS) is 17.1. The Labute approximate surface area is 102 Å². The van der Waals surface area contributed by atoms with E-state index in [0.717, 1.165) is 25.9 Å². The molecule has 3 N–H and O–H groups in total. The fourth-order valence-electron chi connectivity index (χ4n) is 2.16. The summed E-state index contributed by atoms with van der Waals surface area (Å²) in [5, 5.41) is 2.05. The number of aromatic amines is 2. The van der Waals surface area contributed by atoms with Crippen LogP contribution in [0.1, 0.15) is 19.3 Å². The zero-order chi connectivity index (χ0) is 12.5. The van der Waals surface area contributed by atoms with Crippen molar-refractivity contribution in [3.05, 3.63) is 27.2 Å². The van der Waals surface area contributed by atoms with E-state index in [-0.39, 0.29) is 5.52 Å². The van der Waals surface area contributed by atoms with Gasteiger partial charge in [-0.3, -0.25) is 20.3 Å². The van der Waals surface area contributed by atoms with Crippen molar-refractivity contribution in [1.82, 2.24) is 24.6 Å². The fourth-order valence-corrected chi connectivity index (χ4v) is 2.16. The van der Waals surface area contributed by atoms with Gasteiger partial charge in [0.2, 0.25) is 0 Å². The topological polar surface area (TPSA) is 98.8 Å². The molecule has 1 fully saturated rings. The highest BCUT2D eigenvalue weighted by atomic mass is 16.2. The predicted octanol–water partition coefficient (Wildman–Crippen LogP) is -0.643. The number of rotatable bonds is 2. The van der Waals surface area contributed by atoms with Gasteiger partial charge in [-0.15, -0.1) is 0 Å². The van der Waals surface area contributed by atoms with Crippen molar-refractivity contribution in [2.75, 3.05) is 18.6 Å². The first-order valence-corrected chi connectivity index (χ1v) is 5.95. The Bertz CT molecular complexity index is 663. The third-order valence-corrected chi connectivity index (χ3v) is 3.05. The summed E-state index contributed by atoms with van der Waals surface area (Å²) in [5.41, 5.74) is 2.72. The number of nitrogens with zero attached hydrogens (tertiary/aromatic N) is 3. The fraction of sp³-hybridized carbons (Fsp3) is 0.500. The lowest BCUT2D eigenvalue weighted by atomic mass is 10.2. The van der Waals surface area contributed by atoms with E-state index in [2.05, 4.69) is 20.5 Å². The Hall–Kier alpha value is -2.09. The zero-order valence-corrected chi connectivity index (χ0v) is 9.77. The average Bonchev–Trinajstić information content (AvgIpc) is 2.74. The van der Waals surface area contributed by atoms with Crippen LogP contribution >= 0.6 is 0 Å². The van der Waals surface area contributed by atoms with Gasteiger partial charge in [-0.05, 0) is 12.8 Å². The smallest absolute Gasteiger partial charge is 0.290 e. The van der Waals surface area contributed by atoms with E-state index in [1.807, 2.05) is 5.01 Å². The second kappa shape index (κ2) is 4.30. The minimum Gasteiger partial charge on any atom is -0.290 e. The molecule has 96 valence electrons. The van der Waals surface area contributed by atoms with Gasteiger partial charge < -0.3 is 0 Å². The molecule has 1 saturated heterocycles. The summed E-state index contributed by atoms with van der Waals surface area (Å²) in [6, 6.07) is 0. The van der Waals surface area contributed by atoms with E-state index >= 15 is 0 Å². The van der Waals surface area contributed by atoms with Gasteiger partial charge in [0.1, 0.15) is 6.33 Å². The molecular weight excluding hydrogens is 236 g/mol. The van der Waals surface area contributed by atoms with Crippen LogP contribution in [0, 0.1) is 0 Å². The molecule has 0 unspecified atom stereocenters. The van der Waals surface area contributed by atoms with Crippen LogP contribution in [0.4, 0.5) is 0 Å². The summed E-state index contributed by atoms with van der Waals surface area (Å²) >= 11 is 0. The first-order chi connectivity index (χ1) is 8.74. The molecule has 8 nitrogen and oxygen atoms in total. The monoisotopic (exact) mass is 250 g/mol. The average molecular weight is 250 g/mol. The third kappa shape index (κ3) is 1.90. The molecule has 1 aliphatic heterocycles. The van der Waals surface area contributed by atoms with E-state index in [0.29, 0.717) is 5.65 Å². The SMILES string of the molecule is O=c1[nH]c(=O)c2ncn(NN3CCCCC3)c2[nH]1. The van der Waals surface area contributed by atoms with Crippen LogP contribution in [0.15, 0.2) is 15.9 Å². The number of imidazole rings is 1. The van der Waals surface area contributed by atoms with Crippen LogP contribution in [0.25, 0.3) is 11.2 Å². The number of aromatic nitrogens is 4. The molecule has 3 heterocycles. The minimum absolute atomic E-state index is 0.221. The predicted molar refractivity (Wildman–Crippen MR) is 65.8 cm³/mol. The van der Waals surface area contributed by atoms with Crippen molar-refractivity contribution < 1.29 is 0 Å². The van der Waals surface area contributed by atoms with Crippen molar-refractivity contribution in [2.45, 2.75) is 19.3 Å².